The van der Waals surface area contributed by atoms with Gasteiger partial charge < -0.3 is 10.5 Å². The van der Waals surface area contributed by atoms with Crippen molar-refractivity contribution in [2.45, 2.75) is 44.8 Å². The van der Waals surface area contributed by atoms with Gasteiger partial charge in [0.2, 0.25) is 0 Å². The smallest absolute Gasteiger partial charge is 0.0674 e. The molecule has 0 aromatic rings. The molecule has 1 saturated heterocycles. The molecule has 3 heteroatoms. The van der Waals surface area contributed by atoms with Gasteiger partial charge in [0, 0.05) is 25.7 Å². The summed E-state index contributed by atoms with van der Waals surface area (Å²) in [4.78, 5) is 2.47. The molecule has 2 fully saturated rings. The second-order valence-corrected chi connectivity index (χ2v) is 5.15. The lowest BCUT2D eigenvalue weighted by atomic mass is 9.98. The van der Waals surface area contributed by atoms with Crippen molar-refractivity contribution in [2.75, 3.05) is 26.2 Å². The molecule has 0 aromatic heterocycles. The van der Waals surface area contributed by atoms with Crippen LogP contribution >= 0.6 is 0 Å². The van der Waals surface area contributed by atoms with Crippen LogP contribution in [0.2, 0.25) is 0 Å². The van der Waals surface area contributed by atoms with Gasteiger partial charge in [0.05, 0.1) is 12.7 Å². The Hall–Kier alpha value is -0.120. The molecule has 0 radical (unpaired) electrons. The molecule has 2 aliphatic rings. The highest BCUT2D eigenvalue weighted by molar-refractivity contribution is 4.82. The minimum absolute atomic E-state index is 0.384. The predicted molar refractivity (Wildman–Crippen MR) is 61.8 cm³/mol. The van der Waals surface area contributed by atoms with E-state index in [2.05, 4.69) is 11.8 Å². The number of hydrogen-bond acceptors (Lipinski definition) is 3. The fourth-order valence-electron chi connectivity index (χ4n) is 2.89. The molecule has 3 nitrogen and oxygen atoms in total. The molecular weight excluding hydrogens is 188 g/mol. The SMILES string of the molecule is CC1CN(CC(N)C2CCCC2)CCO1. The van der Waals surface area contributed by atoms with Crippen LogP contribution in [-0.4, -0.2) is 43.3 Å². The number of nitrogens with zero attached hydrogens (tertiary/aromatic N) is 1. The summed E-state index contributed by atoms with van der Waals surface area (Å²) in [6.07, 6.45) is 5.85. The van der Waals surface area contributed by atoms with Gasteiger partial charge in [-0.15, -0.1) is 0 Å². The highest BCUT2D eigenvalue weighted by atomic mass is 16.5. The topological polar surface area (TPSA) is 38.5 Å². The van der Waals surface area contributed by atoms with Crippen LogP contribution in [0.25, 0.3) is 0 Å². The molecule has 2 N–H and O–H groups in total. The molecule has 0 amide bonds. The van der Waals surface area contributed by atoms with Crippen LogP contribution in [0, 0.1) is 5.92 Å². The maximum absolute atomic E-state index is 6.27. The lowest BCUT2D eigenvalue weighted by molar-refractivity contribution is -0.0214. The lowest BCUT2D eigenvalue weighted by Gasteiger charge is -2.34. The van der Waals surface area contributed by atoms with Gasteiger partial charge in [-0.25, -0.2) is 0 Å². The summed E-state index contributed by atoms with van der Waals surface area (Å²) in [6.45, 7) is 6.20. The van der Waals surface area contributed by atoms with Crippen LogP contribution < -0.4 is 5.73 Å². The van der Waals surface area contributed by atoms with Crippen molar-refractivity contribution >= 4 is 0 Å². The second-order valence-electron chi connectivity index (χ2n) is 5.15. The fraction of sp³-hybridized carbons (Fsp3) is 1.00. The van der Waals surface area contributed by atoms with Crippen LogP contribution in [0.4, 0.5) is 0 Å². The van der Waals surface area contributed by atoms with Crippen LogP contribution in [0.5, 0.6) is 0 Å². The zero-order valence-electron chi connectivity index (χ0n) is 9.82. The molecule has 1 aliphatic heterocycles. The van der Waals surface area contributed by atoms with Crippen LogP contribution in [0.15, 0.2) is 0 Å². The van der Waals surface area contributed by atoms with E-state index in [1.165, 1.54) is 25.7 Å². The third-order valence-corrected chi connectivity index (χ3v) is 3.80. The van der Waals surface area contributed by atoms with Crippen molar-refractivity contribution in [1.29, 1.82) is 0 Å². The summed E-state index contributed by atoms with van der Waals surface area (Å²) in [5.41, 5.74) is 6.27. The average Bonchev–Trinajstić information content (AvgIpc) is 2.70. The molecule has 0 aromatic carbocycles. The molecule has 0 bridgehead atoms. The predicted octanol–water partition coefficient (Wildman–Crippen LogP) is 1.22. The zero-order chi connectivity index (χ0) is 10.7. The van der Waals surface area contributed by atoms with Gasteiger partial charge in [-0.1, -0.05) is 12.8 Å². The van der Waals surface area contributed by atoms with E-state index in [9.17, 15) is 0 Å². The summed E-state index contributed by atoms with van der Waals surface area (Å²) >= 11 is 0. The Morgan fingerprint density at radius 3 is 2.80 bits per heavy atom. The Kier molecular flexibility index (Phi) is 4.00. The number of nitrogens with two attached hydrogens (primary N) is 1. The second kappa shape index (κ2) is 5.28. The fourth-order valence-corrected chi connectivity index (χ4v) is 2.89. The summed E-state index contributed by atoms with van der Waals surface area (Å²) in [6, 6.07) is 0.387. The van der Waals surface area contributed by atoms with Gasteiger partial charge in [-0.05, 0) is 25.7 Å². The maximum Gasteiger partial charge on any atom is 0.0674 e. The molecule has 88 valence electrons. The largest absolute Gasteiger partial charge is 0.376 e. The van der Waals surface area contributed by atoms with Crippen molar-refractivity contribution in [3.05, 3.63) is 0 Å². The summed E-state index contributed by atoms with van der Waals surface area (Å²) < 4.78 is 5.53. The highest BCUT2D eigenvalue weighted by Crippen LogP contribution is 2.27. The molecule has 2 atom stereocenters. The molecule has 2 unspecified atom stereocenters. The number of morpholine rings is 1. The van der Waals surface area contributed by atoms with E-state index in [-0.39, 0.29) is 0 Å². The summed E-state index contributed by atoms with van der Waals surface area (Å²) in [5, 5.41) is 0. The van der Waals surface area contributed by atoms with Crippen LogP contribution in [0.1, 0.15) is 32.6 Å². The number of rotatable bonds is 3. The van der Waals surface area contributed by atoms with Gasteiger partial charge in [0.1, 0.15) is 0 Å². The molecular formula is C12H24N2O. The van der Waals surface area contributed by atoms with Crippen LogP contribution in [-0.2, 0) is 4.74 Å². The molecule has 15 heavy (non-hydrogen) atoms. The van der Waals surface area contributed by atoms with E-state index in [1.54, 1.807) is 0 Å². The van der Waals surface area contributed by atoms with Gasteiger partial charge in [-0.2, -0.15) is 0 Å². The van der Waals surface area contributed by atoms with Crippen molar-refractivity contribution in [3.8, 4) is 0 Å². The Morgan fingerprint density at radius 2 is 2.13 bits per heavy atom. The van der Waals surface area contributed by atoms with Gasteiger partial charge >= 0.3 is 0 Å². The molecule has 0 spiro atoms. The monoisotopic (exact) mass is 212 g/mol. The summed E-state index contributed by atoms with van der Waals surface area (Å²) in [7, 11) is 0. The Balaban J connectivity index is 1.74. The van der Waals surface area contributed by atoms with Crippen molar-refractivity contribution in [3.63, 3.8) is 0 Å². The number of hydrogen-bond donors (Lipinski definition) is 1. The first-order valence-electron chi connectivity index (χ1n) is 6.35. The van der Waals surface area contributed by atoms with E-state index < -0.39 is 0 Å². The normalized spacial score (nSPS) is 32.0. The van der Waals surface area contributed by atoms with E-state index in [4.69, 9.17) is 10.5 Å². The molecule has 1 heterocycles. The maximum atomic E-state index is 6.27. The van der Waals surface area contributed by atoms with E-state index in [0.717, 1.165) is 32.2 Å². The first-order chi connectivity index (χ1) is 7.25. The van der Waals surface area contributed by atoms with Crippen molar-refractivity contribution < 1.29 is 4.74 Å². The highest BCUT2D eigenvalue weighted by Gasteiger charge is 2.25. The number of ether oxygens (including phenoxy) is 1. The first-order valence-corrected chi connectivity index (χ1v) is 6.35. The Morgan fingerprint density at radius 1 is 1.40 bits per heavy atom. The Labute approximate surface area is 93.0 Å². The molecule has 2 rings (SSSR count). The van der Waals surface area contributed by atoms with Gasteiger partial charge in [-0.3, -0.25) is 4.90 Å². The van der Waals surface area contributed by atoms with Crippen molar-refractivity contribution in [1.82, 2.24) is 4.90 Å². The zero-order valence-corrected chi connectivity index (χ0v) is 9.82. The van der Waals surface area contributed by atoms with E-state index in [1.807, 2.05) is 0 Å². The van der Waals surface area contributed by atoms with Gasteiger partial charge in [0.25, 0.3) is 0 Å². The minimum atomic E-state index is 0.384. The molecule has 1 saturated carbocycles. The summed E-state index contributed by atoms with van der Waals surface area (Å²) in [5.74, 6) is 0.781. The van der Waals surface area contributed by atoms with Crippen LogP contribution in [0.3, 0.4) is 0 Å². The third kappa shape index (κ3) is 3.16. The average molecular weight is 212 g/mol. The minimum Gasteiger partial charge on any atom is -0.376 e. The van der Waals surface area contributed by atoms with Crippen molar-refractivity contribution in [2.24, 2.45) is 11.7 Å². The standard InChI is InChI=1S/C12H24N2O/c1-10-8-14(6-7-15-10)9-12(13)11-4-2-3-5-11/h10-12H,2-9,13H2,1H3. The lowest BCUT2D eigenvalue weighted by Crippen LogP contribution is -2.48. The first kappa shape index (κ1) is 11.4. The van der Waals surface area contributed by atoms with Gasteiger partial charge in [0.15, 0.2) is 0 Å². The quantitative estimate of drug-likeness (QED) is 0.764. The third-order valence-electron chi connectivity index (χ3n) is 3.80. The Bertz CT molecular complexity index is 192. The van der Waals surface area contributed by atoms with E-state index in [0.29, 0.717) is 12.1 Å². The molecule has 1 aliphatic carbocycles. The van der Waals surface area contributed by atoms with E-state index >= 15 is 0 Å².